The number of para-hydroxylation sites is 1. The number of nitrogens with zero attached hydrogens (tertiary/aromatic N) is 4. The average Bonchev–Trinajstić information content (AvgIpc) is 2.62. The minimum atomic E-state index is -0.476. The topological polar surface area (TPSA) is 103 Å². The van der Waals surface area contributed by atoms with Crippen molar-refractivity contribution in [3.63, 3.8) is 0 Å². The number of nitro groups is 1. The lowest BCUT2D eigenvalue weighted by molar-refractivity contribution is -0.387. The van der Waals surface area contributed by atoms with Gasteiger partial charge in [-0.2, -0.15) is 0 Å². The van der Waals surface area contributed by atoms with Gasteiger partial charge in [-0.15, -0.1) is 0 Å². The zero-order valence-electron chi connectivity index (χ0n) is 13.4. The monoisotopic (exact) mass is 357 g/mol. The number of benzene rings is 1. The van der Waals surface area contributed by atoms with Gasteiger partial charge < -0.3 is 10.1 Å². The normalized spacial score (nSPS) is 10.8. The second-order valence-corrected chi connectivity index (χ2v) is 6.02. The molecule has 0 bridgehead atoms. The zero-order valence-corrected chi connectivity index (χ0v) is 14.2. The molecular weight excluding hydrogens is 342 g/mol. The van der Waals surface area contributed by atoms with E-state index < -0.39 is 4.92 Å². The van der Waals surface area contributed by atoms with Gasteiger partial charge in [-0.05, 0) is 12.1 Å². The molecule has 0 amide bonds. The number of hydrogen-bond donors (Lipinski definition) is 1. The van der Waals surface area contributed by atoms with Crippen LogP contribution in [-0.4, -0.2) is 40.1 Å². The minimum absolute atomic E-state index is 0.156. The maximum atomic E-state index is 11.6. The van der Waals surface area contributed by atoms with Gasteiger partial charge in [0.15, 0.2) is 5.03 Å². The SMILES string of the molecule is COCCNc1ncnc(Sc2cccc3cccnc23)c1[N+](=O)[O-]. The summed E-state index contributed by atoms with van der Waals surface area (Å²) in [6, 6.07) is 9.49. The first-order valence-corrected chi connectivity index (χ1v) is 8.26. The van der Waals surface area contributed by atoms with Crippen molar-refractivity contribution >= 4 is 34.2 Å². The van der Waals surface area contributed by atoms with Crippen molar-refractivity contribution in [1.29, 1.82) is 0 Å². The second-order valence-electron chi connectivity index (χ2n) is 4.99. The van der Waals surface area contributed by atoms with E-state index in [9.17, 15) is 10.1 Å². The molecule has 0 aliphatic heterocycles. The lowest BCUT2D eigenvalue weighted by Crippen LogP contribution is -2.11. The molecule has 0 unspecified atom stereocenters. The van der Waals surface area contributed by atoms with Crippen LogP contribution in [0.15, 0.2) is 52.8 Å². The van der Waals surface area contributed by atoms with Crippen LogP contribution in [0.5, 0.6) is 0 Å². The fourth-order valence-electron chi connectivity index (χ4n) is 2.27. The molecule has 1 aromatic carbocycles. The summed E-state index contributed by atoms with van der Waals surface area (Å²) in [4.78, 5) is 24.3. The molecule has 0 aliphatic rings. The zero-order chi connectivity index (χ0) is 17.6. The highest BCUT2D eigenvalue weighted by molar-refractivity contribution is 7.99. The van der Waals surface area contributed by atoms with E-state index in [0.717, 1.165) is 15.8 Å². The summed E-state index contributed by atoms with van der Waals surface area (Å²) in [5.74, 6) is 0.174. The van der Waals surface area contributed by atoms with Gasteiger partial charge in [0.25, 0.3) is 0 Å². The van der Waals surface area contributed by atoms with Gasteiger partial charge in [0, 0.05) is 30.1 Å². The Morgan fingerprint density at radius 2 is 2.08 bits per heavy atom. The Hall–Kier alpha value is -2.78. The largest absolute Gasteiger partial charge is 0.383 e. The highest BCUT2D eigenvalue weighted by Gasteiger charge is 2.24. The molecule has 3 aromatic rings. The number of anilines is 1. The summed E-state index contributed by atoms with van der Waals surface area (Å²) in [7, 11) is 1.56. The lowest BCUT2D eigenvalue weighted by Gasteiger charge is -2.09. The maximum Gasteiger partial charge on any atom is 0.343 e. The molecule has 1 N–H and O–H groups in total. The molecule has 0 radical (unpaired) electrons. The van der Waals surface area contributed by atoms with Crippen molar-refractivity contribution in [2.75, 3.05) is 25.6 Å². The molecule has 0 saturated carbocycles. The molecule has 0 spiro atoms. The third-order valence-corrected chi connectivity index (χ3v) is 4.41. The highest BCUT2D eigenvalue weighted by atomic mass is 32.2. The van der Waals surface area contributed by atoms with Gasteiger partial charge in [-0.1, -0.05) is 30.0 Å². The number of aromatic nitrogens is 3. The van der Waals surface area contributed by atoms with Crippen LogP contribution in [0.2, 0.25) is 0 Å². The van der Waals surface area contributed by atoms with E-state index >= 15 is 0 Å². The molecule has 9 heteroatoms. The van der Waals surface area contributed by atoms with Gasteiger partial charge in [0.2, 0.25) is 5.82 Å². The van der Waals surface area contributed by atoms with E-state index in [-0.39, 0.29) is 16.5 Å². The highest BCUT2D eigenvalue weighted by Crippen LogP contribution is 2.38. The van der Waals surface area contributed by atoms with Crippen LogP contribution in [0.1, 0.15) is 0 Å². The van der Waals surface area contributed by atoms with E-state index in [0.29, 0.717) is 13.2 Å². The number of ether oxygens (including phenoxy) is 1. The standard InChI is InChI=1S/C16H15N5O3S/c1-24-9-8-18-15-14(21(22)23)16(20-10-19-15)25-12-6-2-4-11-5-3-7-17-13(11)12/h2-7,10H,8-9H2,1H3,(H,18,19,20). The molecule has 8 nitrogen and oxygen atoms in total. The van der Waals surface area contributed by atoms with Crippen molar-refractivity contribution in [3.8, 4) is 0 Å². The van der Waals surface area contributed by atoms with Gasteiger partial charge >= 0.3 is 5.69 Å². The third kappa shape index (κ3) is 3.83. The van der Waals surface area contributed by atoms with E-state index in [4.69, 9.17) is 4.74 Å². The van der Waals surface area contributed by atoms with Gasteiger partial charge in [-0.25, -0.2) is 9.97 Å². The van der Waals surface area contributed by atoms with Crippen LogP contribution in [0, 0.1) is 10.1 Å². The van der Waals surface area contributed by atoms with Crippen LogP contribution < -0.4 is 5.32 Å². The first-order chi connectivity index (χ1) is 12.2. The number of nitrogens with one attached hydrogen (secondary N) is 1. The van der Waals surface area contributed by atoms with Crippen LogP contribution >= 0.6 is 11.8 Å². The predicted molar refractivity (Wildman–Crippen MR) is 94.9 cm³/mol. The van der Waals surface area contributed by atoms with E-state index in [1.807, 2.05) is 30.3 Å². The minimum Gasteiger partial charge on any atom is -0.383 e. The summed E-state index contributed by atoms with van der Waals surface area (Å²) in [6.07, 6.45) is 3.00. The summed E-state index contributed by atoms with van der Waals surface area (Å²) in [5.41, 5.74) is 0.619. The fourth-order valence-corrected chi connectivity index (χ4v) is 3.26. The first-order valence-electron chi connectivity index (χ1n) is 7.44. The quantitative estimate of drug-likeness (QED) is 0.298. The van der Waals surface area contributed by atoms with Crippen LogP contribution in [0.4, 0.5) is 11.5 Å². The van der Waals surface area contributed by atoms with E-state index in [1.54, 1.807) is 13.3 Å². The van der Waals surface area contributed by atoms with Crippen LogP contribution in [0.25, 0.3) is 10.9 Å². The third-order valence-electron chi connectivity index (χ3n) is 3.37. The number of hydrogen-bond acceptors (Lipinski definition) is 8. The number of pyridine rings is 1. The van der Waals surface area contributed by atoms with Crippen molar-refractivity contribution in [2.45, 2.75) is 9.92 Å². The van der Waals surface area contributed by atoms with Gasteiger partial charge in [0.05, 0.1) is 17.0 Å². The number of rotatable bonds is 7. The van der Waals surface area contributed by atoms with E-state index in [1.165, 1.54) is 18.1 Å². The molecule has 128 valence electrons. The molecule has 0 atom stereocenters. The number of methoxy groups -OCH3 is 1. The molecule has 0 fully saturated rings. The molecule has 3 rings (SSSR count). The molecule has 0 aliphatic carbocycles. The first kappa shape index (κ1) is 17.1. The molecule has 2 aromatic heterocycles. The summed E-state index contributed by atoms with van der Waals surface area (Å²) < 4.78 is 4.95. The Labute approximate surface area is 147 Å². The van der Waals surface area contributed by atoms with Crippen LogP contribution in [0.3, 0.4) is 0 Å². The summed E-state index contributed by atoms with van der Waals surface area (Å²) >= 11 is 1.20. The van der Waals surface area contributed by atoms with E-state index in [2.05, 4.69) is 20.3 Å². The Morgan fingerprint density at radius 3 is 2.88 bits per heavy atom. The maximum absolute atomic E-state index is 11.6. The molecule has 0 saturated heterocycles. The smallest absolute Gasteiger partial charge is 0.343 e. The Bertz CT molecular complexity index is 901. The van der Waals surface area contributed by atoms with Crippen molar-refractivity contribution in [1.82, 2.24) is 15.0 Å². The fraction of sp³-hybridized carbons (Fsp3) is 0.188. The van der Waals surface area contributed by atoms with Gasteiger partial charge in [-0.3, -0.25) is 15.1 Å². The lowest BCUT2D eigenvalue weighted by atomic mass is 10.2. The second kappa shape index (κ2) is 7.86. The molecule has 25 heavy (non-hydrogen) atoms. The molecular formula is C16H15N5O3S. The molecule has 2 heterocycles. The number of fused-ring (bicyclic) bond motifs is 1. The van der Waals surface area contributed by atoms with Crippen molar-refractivity contribution < 1.29 is 9.66 Å². The van der Waals surface area contributed by atoms with Crippen molar-refractivity contribution in [3.05, 3.63) is 53.0 Å². The summed E-state index contributed by atoms with van der Waals surface area (Å²) in [6.45, 7) is 0.825. The predicted octanol–water partition coefficient (Wildman–Crippen LogP) is 3.14. The Balaban J connectivity index is 1.99. The van der Waals surface area contributed by atoms with Crippen LogP contribution in [-0.2, 0) is 4.74 Å². The van der Waals surface area contributed by atoms with Gasteiger partial charge in [0.1, 0.15) is 6.33 Å². The summed E-state index contributed by atoms with van der Waals surface area (Å²) in [5, 5.41) is 15.7. The average molecular weight is 357 g/mol. The Kier molecular flexibility index (Phi) is 5.36. The Morgan fingerprint density at radius 1 is 1.24 bits per heavy atom. The van der Waals surface area contributed by atoms with Crippen molar-refractivity contribution in [2.24, 2.45) is 0 Å².